The molecule has 0 unspecified atom stereocenters. The summed E-state index contributed by atoms with van der Waals surface area (Å²) in [5.74, 6) is 1.49. The largest absolute Gasteiger partial charge is 0.475 e. The van der Waals surface area contributed by atoms with Crippen molar-refractivity contribution in [3.8, 4) is 5.88 Å². The summed E-state index contributed by atoms with van der Waals surface area (Å²) in [6.07, 6.45) is 9.17. The van der Waals surface area contributed by atoms with Gasteiger partial charge in [0.25, 0.3) is 0 Å². The maximum atomic E-state index is 5.58. The third-order valence-electron chi connectivity index (χ3n) is 3.54. The Morgan fingerprint density at radius 3 is 2.74 bits per heavy atom. The Labute approximate surface area is 119 Å². The summed E-state index contributed by atoms with van der Waals surface area (Å²) in [5, 5.41) is 3.44. The van der Waals surface area contributed by atoms with Crippen molar-refractivity contribution >= 4 is 17.6 Å². The number of hydrogen-bond donors (Lipinski definition) is 1. The van der Waals surface area contributed by atoms with Crippen LogP contribution in [0.15, 0.2) is 12.4 Å². The molecular weight excluding hydrogens is 258 g/mol. The van der Waals surface area contributed by atoms with E-state index >= 15 is 0 Å². The van der Waals surface area contributed by atoms with Crippen LogP contribution >= 0.6 is 11.8 Å². The monoisotopic (exact) mass is 281 g/mol. The van der Waals surface area contributed by atoms with E-state index in [0.29, 0.717) is 10.6 Å². The number of thioether (sulfide) groups is 1. The lowest BCUT2D eigenvalue weighted by atomic mass is 10.1. The average Bonchev–Trinajstić information content (AvgIpc) is 2.86. The Balaban J connectivity index is 1.95. The maximum Gasteiger partial charge on any atom is 0.218 e. The Morgan fingerprint density at radius 2 is 2.11 bits per heavy atom. The van der Waals surface area contributed by atoms with Gasteiger partial charge >= 0.3 is 0 Å². The summed E-state index contributed by atoms with van der Waals surface area (Å²) in [7, 11) is 0. The third-order valence-corrected chi connectivity index (χ3v) is 4.96. The molecule has 1 saturated carbocycles. The summed E-state index contributed by atoms with van der Waals surface area (Å²) in [4.78, 5) is 8.38. The molecule has 0 amide bonds. The Hall–Kier alpha value is -0.970. The molecule has 1 N–H and O–H groups in total. The molecule has 1 aromatic rings. The van der Waals surface area contributed by atoms with E-state index in [-0.39, 0.29) is 6.10 Å². The van der Waals surface area contributed by atoms with Gasteiger partial charge in [-0.25, -0.2) is 9.97 Å². The second kappa shape index (κ2) is 6.46. The predicted molar refractivity (Wildman–Crippen MR) is 81.0 cm³/mol. The smallest absolute Gasteiger partial charge is 0.218 e. The lowest BCUT2D eigenvalue weighted by molar-refractivity contribution is 0.232. The zero-order valence-corrected chi connectivity index (χ0v) is 12.8. The van der Waals surface area contributed by atoms with E-state index in [1.165, 1.54) is 25.7 Å². The van der Waals surface area contributed by atoms with Crippen LogP contribution < -0.4 is 10.1 Å². The molecule has 4 nitrogen and oxygen atoms in total. The van der Waals surface area contributed by atoms with E-state index in [0.717, 1.165) is 12.4 Å². The molecule has 0 radical (unpaired) electrons. The van der Waals surface area contributed by atoms with Crippen LogP contribution in [0.3, 0.4) is 0 Å². The lowest BCUT2D eigenvalue weighted by Crippen LogP contribution is -2.30. The molecule has 1 aromatic heterocycles. The van der Waals surface area contributed by atoms with Crippen molar-refractivity contribution in [1.29, 1.82) is 0 Å². The van der Waals surface area contributed by atoms with Crippen LogP contribution in [0, 0.1) is 0 Å². The molecule has 0 saturated heterocycles. The molecule has 0 spiro atoms. The van der Waals surface area contributed by atoms with Crippen molar-refractivity contribution in [2.45, 2.75) is 50.4 Å². The van der Waals surface area contributed by atoms with Crippen LogP contribution in [0.1, 0.15) is 39.5 Å². The second-order valence-corrected chi connectivity index (χ2v) is 6.63. The van der Waals surface area contributed by atoms with Gasteiger partial charge < -0.3 is 10.1 Å². The third kappa shape index (κ3) is 4.00. The van der Waals surface area contributed by atoms with E-state index in [1.54, 1.807) is 6.33 Å². The van der Waals surface area contributed by atoms with Gasteiger partial charge in [-0.05, 0) is 32.9 Å². The number of rotatable bonds is 6. The molecule has 19 heavy (non-hydrogen) atoms. The lowest BCUT2D eigenvalue weighted by Gasteiger charge is -2.27. The first-order valence-corrected chi connectivity index (χ1v) is 8.14. The van der Waals surface area contributed by atoms with E-state index in [9.17, 15) is 0 Å². The van der Waals surface area contributed by atoms with Crippen LogP contribution in [0.2, 0.25) is 0 Å². The Bertz CT molecular complexity index is 405. The van der Waals surface area contributed by atoms with Crippen LogP contribution in [0.4, 0.5) is 5.82 Å². The van der Waals surface area contributed by atoms with Gasteiger partial charge in [0.05, 0.1) is 6.10 Å². The minimum Gasteiger partial charge on any atom is -0.475 e. The fourth-order valence-electron chi connectivity index (χ4n) is 2.47. The number of ether oxygens (including phenoxy) is 1. The molecule has 0 aliphatic heterocycles. The molecule has 2 rings (SSSR count). The van der Waals surface area contributed by atoms with Gasteiger partial charge in [0.2, 0.25) is 5.88 Å². The summed E-state index contributed by atoms with van der Waals surface area (Å²) < 4.78 is 5.96. The quantitative estimate of drug-likeness (QED) is 0.866. The highest BCUT2D eigenvalue weighted by Crippen LogP contribution is 2.40. The standard InChI is InChI=1S/C14H23N3OS/c1-11(2)18-13-8-12(16-10-17-13)15-9-14(19-3)6-4-5-7-14/h8,10-11H,4-7,9H2,1-3H3,(H,15,16,17). The van der Waals surface area contributed by atoms with Gasteiger partial charge in [-0.3, -0.25) is 0 Å². The van der Waals surface area contributed by atoms with Crippen molar-refractivity contribution in [3.05, 3.63) is 12.4 Å². The minimum atomic E-state index is 0.134. The molecule has 0 bridgehead atoms. The maximum absolute atomic E-state index is 5.58. The van der Waals surface area contributed by atoms with Gasteiger partial charge in [0.1, 0.15) is 12.1 Å². The molecule has 1 aliphatic carbocycles. The molecule has 5 heteroatoms. The number of nitrogens with one attached hydrogen (secondary N) is 1. The van der Waals surface area contributed by atoms with Crippen molar-refractivity contribution in [2.75, 3.05) is 18.1 Å². The van der Waals surface area contributed by atoms with Gasteiger partial charge in [-0.1, -0.05) is 12.8 Å². The van der Waals surface area contributed by atoms with E-state index < -0.39 is 0 Å². The molecule has 106 valence electrons. The van der Waals surface area contributed by atoms with Crippen molar-refractivity contribution in [2.24, 2.45) is 0 Å². The number of nitrogens with zero attached hydrogens (tertiary/aromatic N) is 2. The van der Waals surface area contributed by atoms with Crippen LogP contribution in [0.25, 0.3) is 0 Å². The van der Waals surface area contributed by atoms with Crippen molar-refractivity contribution in [1.82, 2.24) is 9.97 Å². The van der Waals surface area contributed by atoms with Crippen molar-refractivity contribution in [3.63, 3.8) is 0 Å². The van der Waals surface area contributed by atoms with E-state index in [1.807, 2.05) is 31.7 Å². The van der Waals surface area contributed by atoms with Crippen LogP contribution in [0.5, 0.6) is 5.88 Å². The topological polar surface area (TPSA) is 47.0 Å². The van der Waals surface area contributed by atoms with E-state index in [4.69, 9.17) is 4.74 Å². The highest BCUT2D eigenvalue weighted by Gasteiger charge is 2.32. The summed E-state index contributed by atoms with van der Waals surface area (Å²) in [5.41, 5.74) is 0. The second-order valence-electron chi connectivity index (χ2n) is 5.36. The first kappa shape index (κ1) is 14.4. The molecule has 1 fully saturated rings. The Morgan fingerprint density at radius 1 is 1.37 bits per heavy atom. The molecule has 1 aliphatic rings. The van der Waals surface area contributed by atoms with Crippen LogP contribution in [-0.2, 0) is 0 Å². The molecule has 1 heterocycles. The molecular formula is C14H23N3OS. The summed E-state index contributed by atoms with van der Waals surface area (Å²) in [6.45, 7) is 4.96. The first-order chi connectivity index (χ1) is 9.13. The predicted octanol–water partition coefficient (Wildman–Crippen LogP) is 3.35. The average molecular weight is 281 g/mol. The normalized spacial score (nSPS) is 17.7. The zero-order valence-electron chi connectivity index (χ0n) is 12.0. The highest BCUT2D eigenvalue weighted by atomic mass is 32.2. The first-order valence-electron chi connectivity index (χ1n) is 6.91. The highest BCUT2D eigenvalue weighted by molar-refractivity contribution is 8.00. The SMILES string of the molecule is CSC1(CNc2cc(OC(C)C)ncn2)CCCC1. The minimum absolute atomic E-state index is 0.134. The summed E-state index contributed by atoms with van der Waals surface area (Å²) in [6, 6.07) is 1.88. The number of hydrogen-bond acceptors (Lipinski definition) is 5. The summed E-state index contributed by atoms with van der Waals surface area (Å²) >= 11 is 1.98. The fraction of sp³-hybridized carbons (Fsp3) is 0.714. The molecule has 0 aromatic carbocycles. The molecule has 0 atom stereocenters. The zero-order chi connectivity index (χ0) is 13.7. The number of aromatic nitrogens is 2. The number of anilines is 1. The van der Waals surface area contributed by atoms with E-state index in [2.05, 4.69) is 21.5 Å². The van der Waals surface area contributed by atoms with Gasteiger partial charge in [-0.2, -0.15) is 11.8 Å². The van der Waals surface area contributed by atoms with Gasteiger partial charge in [0.15, 0.2) is 0 Å². The van der Waals surface area contributed by atoms with Gasteiger partial charge in [0, 0.05) is 17.4 Å². The van der Waals surface area contributed by atoms with Crippen LogP contribution in [-0.4, -0.2) is 33.6 Å². The fourth-order valence-corrected chi connectivity index (χ4v) is 3.38. The Kier molecular flexibility index (Phi) is 4.91. The van der Waals surface area contributed by atoms with Gasteiger partial charge in [-0.15, -0.1) is 0 Å². The van der Waals surface area contributed by atoms with Crippen molar-refractivity contribution < 1.29 is 4.74 Å².